The van der Waals surface area contributed by atoms with E-state index in [1.807, 2.05) is 21.3 Å². The zero-order chi connectivity index (χ0) is 27.3. The first kappa shape index (κ1) is 33.9. The van der Waals surface area contributed by atoms with Crippen LogP contribution in [0.1, 0.15) is 126 Å². The number of methoxy groups -OCH3 is 3. The van der Waals surface area contributed by atoms with Crippen molar-refractivity contribution >= 4 is 0 Å². The first-order chi connectivity index (χ1) is 17.0. The second-order valence-electron chi connectivity index (χ2n) is 13.7. The van der Waals surface area contributed by atoms with E-state index >= 15 is 0 Å². The molecule has 4 aliphatic rings. The summed E-state index contributed by atoms with van der Waals surface area (Å²) in [5, 5.41) is 0. The van der Waals surface area contributed by atoms with Gasteiger partial charge in [-0.25, -0.2) is 0 Å². The van der Waals surface area contributed by atoms with Crippen LogP contribution in [-0.2, 0) is 14.2 Å². The third kappa shape index (κ3) is 13.1. The van der Waals surface area contributed by atoms with Gasteiger partial charge in [0.25, 0.3) is 0 Å². The Kier molecular flexibility index (Phi) is 17.2. The lowest BCUT2D eigenvalue weighted by atomic mass is 9.75. The molecule has 216 valence electrons. The smallest absolute Gasteiger partial charge is 0.0601 e. The van der Waals surface area contributed by atoms with Crippen molar-refractivity contribution in [2.45, 2.75) is 144 Å². The third-order valence-corrected chi connectivity index (χ3v) is 9.82. The standard InChI is InChI=1S/C10H20O.C9H18O.C7H14O.C7H14/c1-7-5-8(2)9(3)10(6-7)11-4;1-7-4-5-8(2)9(6-7)10-3;1-6-3-4-7(5-6)8-2;1-6-3-4-7(2)5-6/h7-10H,5-6H2,1-4H3;7-9H,4-6H2,1-3H3;6-7H,3-5H2,1-2H3;6-7H,3-5H2,1-2H3. The molecule has 0 saturated heterocycles. The van der Waals surface area contributed by atoms with Gasteiger partial charge in [-0.2, -0.15) is 0 Å². The average molecular weight is 511 g/mol. The summed E-state index contributed by atoms with van der Waals surface area (Å²) in [5.74, 6) is 7.04. The molecule has 11 atom stereocenters. The molecule has 0 N–H and O–H groups in total. The Labute approximate surface area is 227 Å². The lowest BCUT2D eigenvalue weighted by Crippen LogP contribution is -2.33. The van der Waals surface area contributed by atoms with Gasteiger partial charge in [-0.05, 0) is 98.7 Å². The molecule has 11 unspecified atom stereocenters. The Morgan fingerprint density at radius 1 is 0.389 bits per heavy atom. The Hall–Kier alpha value is -0.120. The van der Waals surface area contributed by atoms with Crippen molar-refractivity contribution in [3.63, 3.8) is 0 Å². The molecule has 0 aliphatic heterocycles. The summed E-state index contributed by atoms with van der Waals surface area (Å²) < 4.78 is 16.0. The fraction of sp³-hybridized carbons (Fsp3) is 1.00. The van der Waals surface area contributed by atoms with Gasteiger partial charge in [-0.1, -0.05) is 74.7 Å². The molecule has 3 heteroatoms. The summed E-state index contributed by atoms with van der Waals surface area (Å²) in [6.45, 7) is 18.6. The topological polar surface area (TPSA) is 27.7 Å². The second-order valence-corrected chi connectivity index (χ2v) is 13.7. The van der Waals surface area contributed by atoms with Gasteiger partial charge in [-0.15, -0.1) is 0 Å². The molecule has 36 heavy (non-hydrogen) atoms. The minimum absolute atomic E-state index is 0.508. The van der Waals surface area contributed by atoms with Gasteiger partial charge in [0.1, 0.15) is 0 Å². The van der Waals surface area contributed by atoms with E-state index in [1.165, 1.54) is 70.6 Å². The molecule has 3 nitrogen and oxygen atoms in total. The van der Waals surface area contributed by atoms with Gasteiger partial charge in [0.15, 0.2) is 0 Å². The number of hydrogen-bond donors (Lipinski definition) is 0. The molecule has 0 heterocycles. The monoisotopic (exact) mass is 511 g/mol. The van der Waals surface area contributed by atoms with Crippen molar-refractivity contribution in [2.75, 3.05) is 21.3 Å². The van der Waals surface area contributed by atoms with Crippen LogP contribution in [0, 0.1) is 47.3 Å². The van der Waals surface area contributed by atoms with Crippen LogP contribution in [-0.4, -0.2) is 39.6 Å². The molecule has 4 fully saturated rings. The Bertz CT molecular complexity index is 529. The van der Waals surface area contributed by atoms with Crippen LogP contribution < -0.4 is 0 Å². The normalized spacial score (nSPS) is 42.2. The molecular formula is C33H66O3. The number of rotatable bonds is 3. The summed E-state index contributed by atoms with van der Waals surface area (Å²) in [6.07, 6.45) is 16.6. The fourth-order valence-corrected chi connectivity index (χ4v) is 6.90. The average Bonchev–Trinajstić information content (AvgIpc) is 3.45. The maximum Gasteiger partial charge on any atom is 0.0601 e. The molecule has 4 aliphatic carbocycles. The van der Waals surface area contributed by atoms with Gasteiger partial charge in [0.05, 0.1) is 18.3 Å². The lowest BCUT2D eigenvalue weighted by Gasteiger charge is -2.36. The summed E-state index contributed by atoms with van der Waals surface area (Å²) in [6, 6.07) is 0. The van der Waals surface area contributed by atoms with E-state index < -0.39 is 0 Å². The summed E-state index contributed by atoms with van der Waals surface area (Å²) in [4.78, 5) is 0. The van der Waals surface area contributed by atoms with E-state index in [-0.39, 0.29) is 0 Å². The third-order valence-electron chi connectivity index (χ3n) is 9.82. The minimum Gasteiger partial charge on any atom is -0.381 e. The van der Waals surface area contributed by atoms with Gasteiger partial charge in [0.2, 0.25) is 0 Å². The van der Waals surface area contributed by atoms with Crippen LogP contribution in [0.3, 0.4) is 0 Å². The van der Waals surface area contributed by atoms with Crippen LogP contribution >= 0.6 is 0 Å². The van der Waals surface area contributed by atoms with Crippen LogP contribution in [0.4, 0.5) is 0 Å². The second kappa shape index (κ2) is 18.2. The Morgan fingerprint density at radius 3 is 1.25 bits per heavy atom. The van der Waals surface area contributed by atoms with Gasteiger partial charge < -0.3 is 14.2 Å². The van der Waals surface area contributed by atoms with Crippen LogP contribution in [0.15, 0.2) is 0 Å². The van der Waals surface area contributed by atoms with Crippen molar-refractivity contribution in [1.29, 1.82) is 0 Å². The molecule has 0 amide bonds. The molecular weight excluding hydrogens is 444 g/mol. The van der Waals surface area contributed by atoms with Crippen molar-refractivity contribution < 1.29 is 14.2 Å². The van der Waals surface area contributed by atoms with Crippen LogP contribution in [0.25, 0.3) is 0 Å². The minimum atomic E-state index is 0.508. The predicted octanol–water partition coefficient (Wildman–Crippen LogP) is 9.42. The molecule has 0 spiro atoms. The van der Waals surface area contributed by atoms with Crippen LogP contribution in [0.5, 0.6) is 0 Å². The van der Waals surface area contributed by atoms with E-state index in [1.54, 1.807) is 0 Å². The highest BCUT2D eigenvalue weighted by molar-refractivity contribution is 4.80. The number of hydrogen-bond acceptors (Lipinski definition) is 3. The van der Waals surface area contributed by atoms with Crippen LogP contribution in [0.2, 0.25) is 0 Å². The summed E-state index contributed by atoms with van der Waals surface area (Å²) >= 11 is 0. The van der Waals surface area contributed by atoms with Gasteiger partial charge in [0, 0.05) is 21.3 Å². The maximum absolute atomic E-state index is 5.44. The van der Waals surface area contributed by atoms with Crippen molar-refractivity contribution in [3.05, 3.63) is 0 Å². The SMILES string of the molecule is CC1CCC(C)C1.COC1CC(C)CC(C)C1C.COC1CC(C)CCC1C.COC1CCC(C)C1. The summed E-state index contributed by atoms with van der Waals surface area (Å²) in [5.41, 5.74) is 0. The molecule has 0 bridgehead atoms. The first-order valence-electron chi connectivity index (χ1n) is 15.6. The van der Waals surface area contributed by atoms with E-state index in [0.717, 1.165) is 47.3 Å². The fourth-order valence-electron chi connectivity index (χ4n) is 6.90. The Balaban J connectivity index is 0.000000243. The van der Waals surface area contributed by atoms with E-state index in [2.05, 4.69) is 55.4 Å². The summed E-state index contributed by atoms with van der Waals surface area (Å²) in [7, 11) is 5.48. The van der Waals surface area contributed by atoms with Crippen molar-refractivity contribution in [1.82, 2.24) is 0 Å². The van der Waals surface area contributed by atoms with Gasteiger partial charge >= 0.3 is 0 Å². The molecule has 0 aromatic carbocycles. The zero-order valence-electron chi connectivity index (χ0n) is 26.4. The predicted molar refractivity (Wildman–Crippen MR) is 156 cm³/mol. The molecule has 0 aromatic heterocycles. The van der Waals surface area contributed by atoms with E-state index in [0.29, 0.717) is 18.3 Å². The maximum atomic E-state index is 5.44. The molecule has 4 rings (SSSR count). The zero-order valence-corrected chi connectivity index (χ0v) is 26.4. The van der Waals surface area contributed by atoms with Gasteiger partial charge in [-0.3, -0.25) is 0 Å². The molecule has 4 saturated carbocycles. The van der Waals surface area contributed by atoms with E-state index in [4.69, 9.17) is 14.2 Å². The van der Waals surface area contributed by atoms with E-state index in [9.17, 15) is 0 Å². The largest absolute Gasteiger partial charge is 0.381 e. The molecule has 0 aromatic rings. The highest BCUT2D eigenvalue weighted by atomic mass is 16.5. The van der Waals surface area contributed by atoms with Crippen molar-refractivity contribution in [2.24, 2.45) is 47.3 Å². The highest BCUT2D eigenvalue weighted by Gasteiger charge is 2.30. The highest BCUT2D eigenvalue weighted by Crippen LogP contribution is 2.34. The molecule has 0 radical (unpaired) electrons. The Morgan fingerprint density at radius 2 is 0.861 bits per heavy atom. The lowest BCUT2D eigenvalue weighted by molar-refractivity contribution is -0.00973. The number of ether oxygens (including phenoxy) is 3. The van der Waals surface area contributed by atoms with Crippen molar-refractivity contribution in [3.8, 4) is 0 Å². The first-order valence-corrected chi connectivity index (χ1v) is 15.6. The quantitative estimate of drug-likeness (QED) is 0.378.